The van der Waals surface area contributed by atoms with Crippen LogP contribution >= 0.6 is 35.0 Å². The largest absolute Gasteiger partial charge is 0.382 e. The summed E-state index contributed by atoms with van der Waals surface area (Å²) in [6.07, 6.45) is 7.51. The molecule has 0 radical (unpaired) electrons. The molecule has 5 nitrogen and oxygen atoms in total. The molecular weight excluding hydrogens is 353 g/mol. The number of terminal acetylenes is 1. The van der Waals surface area contributed by atoms with Gasteiger partial charge in [0.05, 0.1) is 6.33 Å². The van der Waals surface area contributed by atoms with Crippen molar-refractivity contribution < 1.29 is 0 Å². The van der Waals surface area contributed by atoms with Gasteiger partial charge in [0.25, 0.3) is 0 Å². The number of anilines is 1. The monoisotopic (exact) mass is 363 g/mol. The van der Waals surface area contributed by atoms with Gasteiger partial charge in [-0.2, -0.15) is 0 Å². The molecule has 2 N–H and O–H groups in total. The molecule has 2 heterocycles. The number of rotatable bonds is 4. The number of nitrogens with two attached hydrogens (primary N) is 1. The first-order valence-electron chi connectivity index (χ1n) is 6.62. The lowest BCUT2D eigenvalue weighted by molar-refractivity contribution is 0.694. The third kappa shape index (κ3) is 3.53. The van der Waals surface area contributed by atoms with Crippen LogP contribution < -0.4 is 5.73 Å². The summed E-state index contributed by atoms with van der Waals surface area (Å²) < 4.78 is 1.84. The zero-order valence-electron chi connectivity index (χ0n) is 11.8. The van der Waals surface area contributed by atoms with Gasteiger partial charge in [-0.15, -0.1) is 12.3 Å². The van der Waals surface area contributed by atoms with Crippen LogP contribution in [0, 0.1) is 12.3 Å². The number of benzene rings is 1. The van der Waals surface area contributed by atoms with Crippen LogP contribution in [0.25, 0.3) is 11.5 Å². The Labute approximate surface area is 147 Å². The first-order valence-corrected chi connectivity index (χ1v) is 8.20. The molecule has 0 saturated heterocycles. The Kier molecular flexibility index (Phi) is 4.62. The highest BCUT2D eigenvalue weighted by molar-refractivity contribution is 7.99. The van der Waals surface area contributed by atoms with Crippen LogP contribution in [0.4, 0.5) is 5.82 Å². The average Bonchev–Trinajstić information content (AvgIpc) is 2.90. The summed E-state index contributed by atoms with van der Waals surface area (Å²) in [5, 5.41) is 1.66. The molecular formula is C15H11Cl2N5S. The second kappa shape index (κ2) is 6.67. The van der Waals surface area contributed by atoms with Crippen molar-refractivity contribution in [2.75, 3.05) is 5.73 Å². The van der Waals surface area contributed by atoms with E-state index in [0.717, 1.165) is 4.90 Å². The number of aromatic nitrogens is 4. The molecule has 0 atom stereocenters. The van der Waals surface area contributed by atoms with Gasteiger partial charge >= 0.3 is 0 Å². The van der Waals surface area contributed by atoms with Gasteiger partial charge in [-0.1, -0.05) is 23.2 Å². The van der Waals surface area contributed by atoms with E-state index in [9.17, 15) is 0 Å². The van der Waals surface area contributed by atoms with Gasteiger partial charge in [-0.05, 0) is 30.0 Å². The Hall–Kier alpha value is -1.94. The fraction of sp³-hybridized carbons (Fsp3) is 0.133. The topological polar surface area (TPSA) is 69.6 Å². The Morgan fingerprint density at radius 3 is 2.65 bits per heavy atom. The van der Waals surface area contributed by atoms with Gasteiger partial charge in [-0.3, -0.25) is 0 Å². The summed E-state index contributed by atoms with van der Waals surface area (Å²) in [5.74, 6) is 3.58. The SMILES string of the molecule is C#CCCn1cnc(N)c2nc(Sc3cc(Cl)cc(Cl)c3)nc1-2. The summed E-state index contributed by atoms with van der Waals surface area (Å²) in [6, 6.07) is 5.27. The molecule has 2 aliphatic heterocycles. The van der Waals surface area contributed by atoms with E-state index in [1.165, 1.54) is 11.8 Å². The highest BCUT2D eigenvalue weighted by Gasteiger charge is 2.19. The van der Waals surface area contributed by atoms with E-state index in [1.807, 2.05) is 4.57 Å². The molecule has 8 heteroatoms. The Morgan fingerprint density at radius 2 is 1.96 bits per heavy atom. The Bertz CT molecular complexity index is 851. The first-order chi connectivity index (χ1) is 11.1. The minimum Gasteiger partial charge on any atom is -0.382 e. The summed E-state index contributed by atoms with van der Waals surface area (Å²) in [5.41, 5.74) is 6.45. The lowest BCUT2D eigenvalue weighted by Crippen LogP contribution is -2.08. The summed E-state index contributed by atoms with van der Waals surface area (Å²) in [7, 11) is 0. The van der Waals surface area contributed by atoms with Crippen LogP contribution in [0.15, 0.2) is 34.6 Å². The van der Waals surface area contributed by atoms with E-state index < -0.39 is 0 Å². The zero-order chi connectivity index (χ0) is 16.4. The van der Waals surface area contributed by atoms with Gasteiger partial charge in [0, 0.05) is 27.9 Å². The second-order valence-corrected chi connectivity index (χ2v) is 6.58. The highest BCUT2D eigenvalue weighted by atomic mass is 35.5. The van der Waals surface area contributed by atoms with Gasteiger partial charge in [0.2, 0.25) is 0 Å². The first kappa shape index (κ1) is 15.9. The number of halogens is 2. The molecule has 1 aromatic rings. The molecule has 116 valence electrons. The molecule has 0 aromatic heterocycles. The summed E-state index contributed by atoms with van der Waals surface area (Å²) >= 11 is 13.4. The lowest BCUT2D eigenvalue weighted by atomic mass is 10.3. The Balaban J connectivity index is 1.97. The van der Waals surface area contributed by atoms with Crippen LogP contribution in [0.2, 0.25) is 10.0 Å². The fourth-order valence-electron chi connectivity index (χ4n) is 2.02. The minimum atomic E-state index is 0.334. The van der Waals surface area contributed by atoms with Crippen molar-refractivity contribution in [1.82, 2.24) is 19.5 Å². The molecule has 3 rings (SSSR count). The number of hydrogen-bond donors (Lipinski definition) is 1. The quantitative estimate of drug-likeness (QED) is 0.713. The smallest absolute Gasteiger partial charge is 0.195 e. The molecule has 2 aliphatic rings. The number of imidazole rings is 1. The summed E-state index contributed by atoms with van der Waals surface area (Å²) in [6.45, 7) is 0.603. The number of nitrogens with zero attached hydrogens (tertiary/aromatic N) is 4. The van der Waals surface area contributed by atoms with E-state index in [4.69, 9.17) is 35.4 Å². The van der Waals surface area contributed by atoms with Crippen LogP contribution in [-0.2, 0) is 6.54 Å². The van der Waals surface area contributed by atoms with Gasteiger partial charge in [0.15, 0.2) is 22.5 Å². The van der Waals surface area contributed by atoms with Crippen LogP contribution in [-0.4, -0.2) is 19.5 Å². The van der Waals surface area contributed by atoms with E-state index in [2.05, 4.69) is 20.9 Å². The third-order valence-electron chi connectivity index (χ3n) is 3.01. The van der Waals surface area contributed by atoms with E-state index >= 15 is 0 Å². The van der Waals surface area contributed by atoms with Crippen molar-refractivity contribution in [3.63, 3.8) is 0 Å². The molecule has 1 aromatic carbocycles. The molecule has 0 aliphatic carbocycles. The highest BCUT2D eigenvalue weighted by Crippen LogP contribution is 2.34. The third-order valence-corrected chi connectivity index (χ3v) is 4.29. The van der Waals surface area contributed by atoms with E-state index in [0.29, 0.717) is 45.5 Å². The Morgan fingerprint density at radius 1 is 1.22 bits per heavy atom. The van der Waals surface area contributed by atoms with Crippen LogP contribution in [0.3, 0.4) is 0 Å². The summed E-state index contributed by atoms with van der Waals surface area (Å²) in [4.78, 5) is 13.9. The molecule has 0 fully saturated rings. The maximum absolute atomic E-state index is 6.01. The van der Waals surface area contributed by atoms with Crippen molar-refractivity contribution in [3.05, 3.63) is 34.6 Å². The van der Waals surface area contributed by atoms with Crippen molar-refractivity contribution in [2.24, 2.45) is 0 Å². The van der Waals surface area contributed by atoms with E-state index in [1.54, 1.807) is 24.5 Å². The number of nitrogen functional groups attached to an aromatic ring is 1. The molecule has 0 bridgehead atoms. The van der Waals surface area contributed by atoms with Crippen molar-refractivity contribution >= 4 is 40.8 Å². The van der Waals surface area contributed by atoms with Crippen molar-refractivity contribution in [3.8, 4) is 23.9 Å². The maximum atomic E-state index is 6.01. The van der Waals surface area contributed by atoms with Gasteiger partial charge in [-0.25, -0.2) is 15.0 Å². The number of aryl methyl sites for hydroxylation is 1. The molecule has 0 saturated carbocycles. The normalized spacial score (nSPS) is 10.8. The average molecular weight is 364 g/mol. The molecule has 0 amide bonds. The van der Waals surface area contributed by atoms with Crippen molar-refractivity contribution in [1.29, 1.82) is 0 Å². The molecule has 0 unspecified atom stereocenters. The molecule has 23 heavy (non-hydrogen) atoms. The zero-order valence-corrected chi connectivity index (χ0v) is 14.2. The van der Waals surface area contributed by atoms with E-state index in [-0.39, 0.29) is 0 Å². The number of hydrogen-bond acceptors (Lipinski definition) is 5. The predicted molar refractivity (Wildman–Crippen MR) is 92.9 cm³/mol. The second-order valence-electron chi connectivity index (χ2n) is 4.66. The standard InChI is InChI=1S/C15H11Cl2N5S/c1-2-3-4-22-8-19-13(18)12-14(22)21-15(20-12)23-11-6-9(16)5-10(17)7-11/h1,5-8H,3-4,18H2. The van der Waals surface area contributed by atoms with Crippen LogP contribution in [0.1, 0.15) is 6.42 Å². The fourth-order valence-corrected chi connectivity index (χ4v) is 3.53. The van der Waals surface area contributed by atoms with Crippen molar-refractivity contribution in [2.45, 2.75) is 23.0 Å². The lowest BCUT2D eigenvalue weighted by Gasteiger charge is -2.08. The minimum absolute atomic E-state index is 0.334. The number of fused-ring (bicyclic) bond motifs is 1. The molecule has 0 spiro atoms. The van der Waals surface area contributed by atoms with Gasteiger partial charge in [0.1, 0.15) is 0 Å². The van der Waals surface area contributed by atoms with Crippen LogP contribution in [0.5, 0.6) is 0 Å². The van der Waals surface area contributed by atoms with Gasteiger partial charge < -0.3 is 10.3 Å². The maximum Gasteiger partial charge on any atom is 0.195 e. The predicted octanol–water partition coefficient (Wildman–Crippen LogP) is 3.84.